The molecule has 0 aliphatic heterocycles. The first-order valence-corrected chi connectivity index (χ1v) is 7.63. The Balaban J connectivity index is 2.40. The van der Waals surface area contributed by atoms with Crippen LogP contribution in [0.25, 0.3) is 0 Å². The molecule has 0 aromatic heterocycles. The van der Waals surface area contributed by atoms with Crippen LogP contribution in [0.3, 0.4) is 0 Å². The van der Waals surface area contributed by atoms with Crippen LogP contribution >= 0.6 is 0 Å². The first-order valence-electron chi connectivity index (χ1n) is 7.63. The highest BCUT2D eigenvalue weighted by Crippen LogP contribution is 2.19. The molecular formula is C17H27NO3. The predicted octanol–water partition coefficient (Wildman–Crippen LogP) is 3.31. The molecule has 0 radical (unpaired) electrons. The molecule has 0 bridgehead atoms. The summed E-state index contributed by atoms with van der Waals surface area (Å²) >= 11 is 0. The second-order valence-corrected chi connectivity index (χ2v) is 5.49. The number of carboxylic acid groups (broad SMARTS) is 1. The molecular weight excluding hydrogens is 266 g/mol. The SMILES string of the molecule is CCC(CC)(NCCCOc1cc(C)ccc1C)C(=O)O. The molecule has 1 aromatic rings. The Morgan fingerprint density at radius 3 is 2.52 bits per heavy atom. The summed E-state index contributed by atoms with van der Waals surface area (Å²) in [7, 11) is 0. The van der Waals surface area contributed by atoms with Gasteiger partial charge in [0.15, 0.2) is 0 Å². The van der Waals surface area contributed by atoms with E-state index < -0.39 is 11.5 Å². The second-order valence-electron chi connectivity index (χ2n) is 5.49. The fourth-order valence-corrected chi connectivity index (χ4v) is 2.32. The first kappa shape index (κ1) is 17.5. The molecule has 0 saturated carbocycles. The molecule has 1 aromatic carbocycles. The average molecular weight is 293 g/mol. The third-order valence-electron chi connectivity index (χ3n) is 4.00. The molecule has 4 nitrogen and oxygen atoms in total. The van der Waals surface area contributed by atoms with Gasteiger partial charge in [-0.25, -0.2) is 0 Å². The van der Waals surface area contributed by atoms with E-state index in [-0.39, 0.29) is 0 Å². The average Bonchev–Trinajstić information content (AvgIpc) is 2.46. The van der Waals surface area contributed by atoms with Crippen LogP contribution in [0, 0.1) is 13.8 Å². The Kier molecular flexibility index (Phi) is 6.69. The monoisotopic (exact) mass is 293 g/mol. The Morgan fingerprint density at radius 1 is 1.29 bits per heavy atom. The minimum atomic E-state index is -0.806. The quantitative estimate of drug-likeness (QED) is 0.686. The van der Waals surface area contributed by atoms with Gasteiger partial charge in [0.1, 0.15) is 11.3 Å². The van der Waals surface area contributed by atoms with E-state index in [0.717, 1.165) is 17.7 Å². The number of hydrogen-bond donors (Lipinski definition) is 2. The zero-order valence-corrected chi connectivity index (χ0v) is 13.5. The van der Waals surface area contributed by atoms with Crippen LogP contribution in [0.1, 0.15) is 44.2 Å². The lowest BCUT2D eigenvalue weighted by atomic mass is 9.93. The molecule has 0 aliphatic carbocycles. The summed E-state index contributed by atoms with van der Waals surface area (Å²) in [5, 5.41) is 12.5. The van der Waals surface area contributed by atoms with Gasteiger partial charge in [-0.15, -0.1) is 0 Å². The Hall–Kier alpha value is -1.55. The number of nitrogens with one attached hydrogen (secondary N) is 1. The van der Waals surface area contributed by atoms with Crippen molar-refractivity contribution in [3.63, 3.8) is 0 Å². The van der Waals surface area contributed by atoms with Crippen LogP contribution in [0.15, 0.2) is 18.2 Å². The maximum Gasteiger partial charge on any atom is 0.323 e. The summed E-state index contributed by atoms with van der Waals surface area (Å²) in [6, 6.07) is 6.14. The van der Waals surface area contributed by atoms with Crippen molar-refractivity contribution in [3.05, 3.63) is 29.3 Å². The number of carbonyl (C=O) groups is 1. The van der Waals surface area contributed by atoms with Gasteiger partial charge in [-0.1, -0.05) is 26.0 Å². The smallest absolute Gasteiger partial charge is 0.323 e. The van der Waals surface area contributed by atoms with Crippen molar-refractivity contribution in [2.45, 2.75) is 52.5 Å². The van der Waals surface area contributed by atoms with Crippen molar-refractivity contribution < 1.29 is 14.6 Å². The lowest BCUT2D eigenvalue weighted by Gasteiger charge is -2.28. The maximum atomic E-state index is 11.4. The minimum Gasteiger partial charge on any atom is -0.493 e. The van der Waals surface area contributed by atoms with Gasteiger partial charge < -0.3 is 15.2 Å². The number of benzene rings is 1. The summed E-state index contributed by atoms with van der Waals surface area (Å²) < 4.78 is 5.77. The Bertz CT molecular complexity index is 467. The van der Waals surface area contributed by atoms with Crippen LogP contribution < -0.4 is 10.1 Å². The fourth-order valence-electron chi connectivity index (χ4n) is 2.32. The molecule has 1 rings (SSSR count). The zero-order chi connectivity index (χ0) is 15.9. The highest BCUT2D eigenvalue weighted by Gasteiger charge is 2.33. The predicted molar refractivity (Wildman–Crippen MR) is 85.0 cm³/mol. The van der Waals surface area contributed by atoms with E-state index in [9.17, 15) is 9.90 Å². The van der Waals surface area contributed by atoms with Gasteiger partial charge in [0.05, 0.1) is 6.61 Å². The molecule has 118 valence electrons. The van der Waals surface area contributed by atoms with Gasteiger partial charge in [0.25, 0.3) is 0 Å². The van der Waals surface area contributed by atoms with E-state index in [1.807, 2.05) is 39.8 Å². The van der Waals surface area contributed by atoms with Crippen LogP contribution in [0.4, 0.5) is 0 Å². The van der Waals surface area contributed by atoms with Gasteiger partial charge in [-0.2, -0.15) is 0 Å². The highest BCUT2D eigenvalue weighted by molar-refractivity contribution is 5.78. The van der Waals surface area contributed by atoms with Crippen molar-refractivity contribution in [3.8, 4) is 5.75 Å². The molecule has 0 spiro atoms. The van der Waals surface area contributed by atoms with E-state index in [4.69, 9.17) is 4.74 Å². The molecule has 21 heavy (non-hydrogen) atoms. The van der Waals surface area contributed by atoms with E-state index >= 15 is 0 Å². The fraction of sp³-hybridized carbons (Fsp3) is 0.588. The van der Waals surface area contributed by atoms with E-state index in [1.165, 1.54) is 5.56 Å². The molecule has 0 amide bonds. The number of carboxylic acids is 1. The van der Waals surface area contributed by atoms with Crippen LogP contribution in [-0.2, 0) is 4.79 Å². The highest BCUT2D eigenvalue weighted by atomic mass is 16.5. The van der Waals surface area contributed by atoms with Crippen LogP contribution in [-0.4, -0.2) is 29.8 Å². The van der Waals surface area contributed by atoms with E-state index in [0.29, 0.717) is 26.0 Å². The topological polar surface area (TPSA) is 58.6 Å². The largest absolute Gasteiger partial charge is 0.493 e. The molecule has 0 saturated heterocycles. The zero-order valence-electron chi connectivity index (χ0n) is 13.5. The molecule has 0 heterocycles. The Morgan fingerprint density at radius 2 is 1.95 bits per heavy atom. The van der Waals surface area contributed by atoms with Crippen LogP contribution in [0.5, 0.6) is 5.75 Å². The number of aliphatic carboxylic acids is 1. The van der Waals surface area contributed by atoms with Crippen LogP contribution in [0.2, 0.25) is 0 Å². The van der Waals surface area contributed by atoms with E-state index in [1.54, 1.807) is 0 Å². The number of rotatable bonds is 9. The molecule has 0 unspecified atom stereocenters. The standard InChI is InChI=1S/C17H27NO3/c1-5-17(6-2,16(19)20)18-10-7-11-21-15-12-13(3)8-9-14(15)4/h8-9,12,18H,5-7,10-11H2,1-4H3,(H,19,20). The van der Waals surface area contributed by atoms with Crippen molar-refractivity contribution in [1.29, 1.82) is 0 Å². The number of aryl methyl sites for hydroxylation is 2. The summed E-state index contributed by atoms with van der Waals surface area (Å²) in [5.74, 6) is 0.133. The van der Waals surface area contributed by atoms with Crippen molar-refractivity contribution in [2.75, 3.05) is 13.2 Å². The van der Waals surface area contributed by atoms with Gasteiger partial charge in [0.2, 0.25) is 0 Å². The third-order valence-corrected chi connectivity index (χ3v) is 4.00. The molecule has 2 N–H and O–H groups in total. The summed E-state index contributed by atoms with van der Waals surface area (Å²) in [4.78, 5) is 11.4. The lowest BCUT2D eigenvalue weighted by molar-refractivity contribution is -0.145. The number of hydrogen-bond acceptors (Lipinski definition) is 3. The maximum absolute atomic E-state index is 11.4. The molecule has 0 fully saturated rings. The second kappa shape index (κ2) is 8.03. The number of ether oxygens (including phenoxy) is 1. The van der Waals surface area contributed by atoms with Gasteiger partial charge in [-0.3, -0.25) is 4.79 Å². The molecule has 0 atom stereocenters. The molecule has 4 heteroatoms. The van der Waals surface area contributed by atoms with Crippen molar-refractivity contribution in [1.82, 2.24) is 5.32 Å². The lowest BCUT2D eigenvalue weighted by Crippen LogP contribution is -2.51. The van der Waals surface area contributed by atoms with Crippen molar-refractivity contribution in [2.24, 2.45) is 0 Å². The molecule has 0 aliphatic rings. The summed E-state index contributed by atoms with van der Waals surface area (Å²) in [6.07, 6.45) is 1.94. The van der Waals surface area contributed by atoms with Gasteiger partial charge in [-0.05, 0) is 56.8 Å². The normalized spacial score (nSPS) is 11.4. The minimum absolute atomic E-state index is 0.580. The Labute approximate surface area is 127 Å². The van der Waals surface area contributed by atoms with Gasteiger partial charge >= 0.3 is 5.97 Å². The summed E-state index contributed by atoms with van der Waals surface area (Å²) in [6.45, 7) is 9.09. The third kappa shape index (κ3) is 4.74. The summed E-state index contributed by atoms with van der Waals surface area (Å²) in [5.41, 5.74) is 1.49. The first-order chi connectivity index (χ1) is 9.95. The van der Waals surface area contributed by atoms with Gasteiger partial charge in [0, 0.05) is 0 Å². The van der Waals surface area contributed by atoms with Crippen molar-refractivity contribution >= 4 is 5.97 Å². The van der Waals surface area contributed by atoms with E-state index in [2.05, 4.69) is 11.4 Å².